The highest BCUT2D eigenvalue weighted by Gasteiger charge is 2.25. The molecule has 1 aliphatic heterocycles. The molecule has 0 fully saturated rings. The van der Waals surface area contributed by atoms with Gasteiger partial charge in [0, 0.05) is 17.7 Å². The molecular weight excluding hydrogens is 222 g/mol. The lowest BCUT2D eigenvalue weighted by molar-refractivity contribution is -0.140. The van der Waals surface area contributed by atoms with E-state index in [4.69, 9.17) is 5.11 Å². The number of carbonyl (C=O) groups is 2. The van der Waals surface area contributed by atoms with E-state index in [0.29, 0.717) is 12.1 Å². The van der Waals surface area contributed by atoms with E-state index in [2.05, 4.69) is 5.32 Å². The van der Waals surface area contributed by atoms with E-state index in [0.717, 1.165) is 5.56 Å². The first-order chi connectivity index (χ1) is 8.06. The van der Waals surface area contributed by atoms with Crippen LogP contribution in [0.3, 0.4) is 0 Å². The van der Waals surface area contributed by atoms with Gasteiger partial charge in [-0.25, -0.2) is 0 Å². The highest BCUT2D eigenvalue weighted by atomic mass is 16.4. The topological polar surface area (TPSA) is 86.6 Å². The number of aliphatic carboxylic acids is 1. The van der Waals surface area contributed by atoms with E-state index in [1.165, 1.54) is 6.07 Å². The Kier molecular flexibility index (Phi) is 2.99. The first kappa shape index (κ1) is 11.4. The third kappa shape index (κ3) is 2.55. The summed E-state index contributed by atoms with van der Waals surface area (Å²) in [5.74, 6) is -1.44. The zero-order valence-electron chi connectivity index (χ0n) is 9.14. The van der Waals surface area contributed by atoms with E-state index in [-0.39, 0.29) is 24.5 Å². The fourth-order valence-electron chi connectivity index (χ4n) is 2.01. The van der Waals surface area contributed by atoms with Crippen LogP contribution in [0.25, 0.3) is 0 Å². The lowest BCUT2D eigenvalue weighted by atomic mass is 9.93. The molecule has 17 heavy (non-hydrogen) atoms. The number of phenolic OH excluding ortho intramolecular Hbond substituents is 1. The fourth-order valence-corrected chi connectivity index (χ4v) is 2.01. The quantitative estimate of drug-likeness (QED) is 0.712. The minimum absolute atomic E-state index is 0.106. The highest BCUT2D eigenvalue weighted by molar-refractivity contribution is 5.90. The normalized spacial score (nSPS) is 19.1. The molecule has 0 aromatic heterocycles. The summed E-state index contributed by atoms with van der Waals surface area (Å²) in [7, 11) is 0. The summed E-state index contributed by atoms with van der Waals surface area (Å²) in [5.41, 5.74) is 1.56. The Morgan fingerprint density at radius 1 is 1.47 bits per heavy atom. The summed E-state index contributed by atoms with van der Waals surface area (Å²) < 4.78 is 0. The second-order valence-corrected chi connectivity index (χ2v) is 4.16. The van der Waals surface area contributed by atoms with E-state index in [1.807, 2.05) is 0 Å². The van der Waals surface area contributed by atoms with Gasteiger partial charge in [-0.05, 0) is 18.1 Å². The minimum Gasteiger partial charge on any atom is -0.508 e. The summed E-state index contributed by atoms with van der Waals surface area (Å²) in [6.07, 6.45) is 0.245. The van der Waals surface area contributed by atoms with Crippen molar-refractivity contribution in [2.24, 2.45) is 5.92 Å². The number of phenols is 1. The number of fused-ring (bicyclic) bond motifs is 1. The summed E-state index contributed by atoms with van der Waals surface area (Å²) in [5, 5.41) is 21.0. The van der Waals surface area contributed by atoms with Crippen molar-refractivity contribution < 1.29 is 19.8 Å². The van der Waals surface area contributed by atoms with Crippen LogP contribution >= 0.6 is 0 Å². The summed E-state index contributed by atoms with van der Waals surface area (Å²) in [6, 6.07) is 4.80. The number of carboxylic acids is 1. The van der Waals surface area contributed by atoms with Crippen LogP contribution in [0.5, 0.6) is 5.75 Å². The smallest absolute Gasteiger partial charge is 0.304 e. The predicted octanol–water partition coefficient (Wildman–Crippen LogP) is 1.02. The molecule has 1 unspecified atom stereocenters. The molecule has 0 amide bonds. The van der Waals surface area contributed by atoms with Gasteiger partial charge in [0.05, 0.1) is 13.0 Å². The van der Waals surface area contributed by atoms with E-state index in [9.17, 15) is 14.7 Å². The van der Waals surface area contributed by atoms with Gasteiger partial charge in [0.25, 0.3) is 0 Å². The number of carbonyl (C=O) groups excluding carboxylic acids is 1. The molecule has 1 heterocycles. The molecular formula is C12H13NO4. The first-order valence-electron chi connectivity index (χ1n) is 5.36. The zero-order chi connectivity index (χ0) is 12.4. The average Bonchev–Trinajstić information content (AvgIpc) is 2.40. The number of ketones is 1. The van der Waals surface area contributed by atoms with Gasteiger partial charge in [0.15, 0.2) is 5.78 Å². The maximum atomic E-state index is 11.7. The third-order valence-corrected chi connectivity index (χ3v) is 2.89. The van der Waals surface area contributed by atoms with Gasteiger partial charge in [0.2, 0.25) is 0 Å². The number of carboxylic acid groups (broad SMARTS) is 1. The largest absolute Gasteiger partial charge is 0.508 e. The maximum absolute atomic E-state index is 11.7. The lowest BCUT2D eigenvalue weighted by Gasteiger charge is -2.10. The van der Waals surface area contributed by atoms with Crippen molar-refractivity contribution in [3.8, 4) is 5.75 Å². The van der Waals surface area contributed by atoms with Crippen molar-refractivity contribution in [2.75, 3.05) is 11.9 Å². The van der Waals surface area contributed by atoms with Gasteiger partial charge in [-0.2, -0.15) is 0 Å². The van der Waals surface area contributed by atoms with Gasteiger partial charge in [0.1, 0.15) is 5.75 Å². The SMILES string of the molecule is O=C(O)CC1Cc2ccc(O)cc2NCC1=O. The Hall–Kier alpha value is -2.04. The number of hydrogen-bond acceptors (Lipinski definition) is 4. The van der Waals surface area contributed by atoms with Gasteiger partial charge in [-0.15, -0.1) is 0 Å². The van der Waals surface area contributed by atoms with Crippen molar-refractivity contribution in [3.63, 3.8) is 0 Å². The van der Waals surface area contributed by atoms with Gasteiger partial charge in [-0.1, -0.05) is 6.07 Å². The Morgan fingerprint density at radius 2 is 2.24 bits per heavy atom. The van der Waals surface area contributed by atoms with Crippen molar-refractivity contribution in [1.82, 2.24) is 0 Å². The van der Waals surface area contributed by atoms with Crippen LogP contribution in [0.1, 0.15) is 12.0 Å². The predicted molar refractivity (Wildman–Crippen MR) is 61.1 cm³/mol. The minimum atomic E-state index is -0.967. The molecule has 90 valence electrons. The Balaban J connectivity index is 2.27. The van der Waals surface area contributed by atoms with Crippen LogP contribution in [0.15, 0.2) is 18.2 Å². The molecule has 0 saturated heterocycles. The molecule has 0 spiro atoms. The molecule has 1 atom stereocenters. The Labute approximate surface area is 98.1 Å². The van der Waals surface area contributed by atoms with Crippen LogP contribution in [-0.2, 0) is 16.0 Å². The molecule has 1 aliphatic rings. The average molecular weight is 235 g/mol. The van der Waals surface area contributed by atoms with Crippen molar-refractivity contribution in [3.05, 3.63) is 23.8 Å². The van der Waals surface area contributed by atoms with Crippen LogP contribution < -0.4 is 5.32 Å². The monoisotopic (exact) mass is 235 g/mol. The number of benzene rings is 1. The number of aromatic hydroxyl groups is 1. The number of Topliss-reactive ketones (excluding diaryl/α,β-unsaturated/α-hetero) is 1. The molecule has 0 bridgehead atoms. The van der Waals surface area contributed by atoms with E-state index in [1.54, 1.807) is 12.1 Å². The molecule has 5 nitrogen and oxygen atoms in total. The summed E-state index contributed by atoms with van der Waals surface area (Å²) in [6.45, 7) is 0.106. The Morgan fingerprint density at radius 3 is 2.94 bits per heavy atom. The van der Waals surface area contributed by atoms with Crippen LogP contribution in [0, 0.1) is 5.92 Å². The van der Waals surface area contributed by atoms with Crippen molar-refractivity contribution in [1.29, 1.82) is 0 Å². The zero-order valence-corrected chi connectivity index (χ0v) is 9.14. The fraction of sp³-hybridized carbons (Fsp3) is 0.333. The number of anilines is 1. The molecule has 5 heteroatoms. The van der Waals surface area contributed by atoms with Gasteiger partial charge >= 0.3 is 5.97 Å². The standard InChI is InChI=1S/C12H13NO4/c14-9-2-1-7-3-8(4-12(16)17)11(15)6-13-10(7)5-9/h1-2,5,8,13-14H,3-4,6H2,(H,16,17). The number of hydrogen-bond donors (Lipinski definition) is 3. The number of rotatable bonds is 2. The number of nitrogens with one attached hydrogen (secondary N) is 1. The lowest BCUT2D eigenvalue weighted by Crippen LogP contribution is -2.23. The molecule has 1 aromatic carbocycles. The van der Waals surface area contributed by atoms with Gasteiger partial charge in [-0.3, -0.25) is 9.59 Å². The maximum Gasteiger partial charge on any atom is 0.304 e. The molecule has 0 saturated carbocycles. The first-order valence-corrected chi connectivity index (χ1v) is 5.36. The highest BCUT2D eigenvalue weighted by Crippen LogP contribution is 2.27. The van der Waals surface area contributed by atoms with E-state index < -0.39 is 11.9 Å². The molecule has 3 N–H and O–H groups in total. The van der Waals surface area contributed by atoms with Crippen molar-refractivity contribution >= 4 is 17.4 Å². The van der Waals surface area contributed by atoms with Crippen LogP contribution in [0.4, 0.5) is 5.69 Å². The van der Waals surface area contributed by atoms with Crippen LogP contribution in [-0.4, -0.2) is 28.5 Å². The molecule has 0 radical (unpaired) electrons. The summed E-state index contributed by atoms with van der Waals surface area (Å²) in [4.78, 5) is 22.4. The van der Waals surface area contributed by atoms with Crippen LogP contribution in [0.2, 0.25) is 0 Å². The second-order valence-electron chi connectivity index (χ2n) is 4.16. The Bertz CT molecular complexity index is 470. The third-order valence-electron chi connectivity index (χ3n) is 2.89. The van der Waals surface area contributed by atoms with Crippen molar-refractivity contribution in [2.45, 2.75) is 12.8 Å². The molecule has 0 aliphatic carbocycles. The van der Waals surface area contributed by atoms with E-state index >= 15 is 0 Å². The van der Waals surface area contributed by atoms with Gasteiger partial charge < -0.3 is 15.5 Å². The molecule has 2 rings (SSSR count). The second kappa shape index (κ2) is 4.45. The molecule has 1 aromatic rings. The summed E-state index contributed by atoms with van der Waals surface area (Å²) >= 11 is 0.